The SMILES string of the molecule is COc1cccc(NC(=O)c2c(C)cccc2Cl)c1. The fourth-order valence-corrected chi connectivity index (χ4v) is 2.12. The highest BCUT2D eigenvalue weighted by atomic mass is 35.5. The van der Waals surface area contributed by atoms with Crippen molar-refractivity contribution in [2.75, 3.05) is 12.4 Å². The Hall–Kier alpha value is -2.00. The van der Waals surface area contributed by atoms with Crippen LogP contribution in [0.1, 0.15) is 15.9 Å². The number of halogens is 1. The summed E-state index contributed by atoms with van der Waals surface area (Å²) in [5, 5.41) is 3.26. The van der Waals surface area contributed by atoms with Crippen molar-refractivity contribution in [3.63, 3.8) is 0 Å². The second kappa shape index (κ2) is 5.76. The van der Waals surface area contributed by atoms with Gasteiger partial charge < -0.3 is 10.1 Å². The average molecular weight is 276 g/mol. The van der Waals surface area contributed by atoms with E-state index < -0.39 is 0 Å². The molecule has 0 saturated heterocycles. The minimum Gasteiger partial charge on any atom is -0.497 e. The molecule has 0 aliphatic carbocycles. The first kappa shape index (κ1) is 13.4. The molecule has 2 rings (SSSR count). The Morgan fingerprint density at radius 3 is 2.63 bits per heavy atom. The van der Waals surface area contributed by atoms with E-state index in [-0.39, 0.29) is 5.91 Å². The number of benzene rings is 2. The molecule has 4 heteroatoms. The van der Waals surface area contributed by atoms with E-state index in [1.54, 1.807) is 25.3 Å². The number of aryl methyl sites for hydroxylation is 1. The van der Waals surface area contributed by atoms with Gasteiger partial charge in [-0.2, -0.15) is 0 Å². The highest BCUT2D eigenvalue weighted by Gasteiger charge is 2.13. The predicted octanol–water partition coefficient (Wildman–Crippen LogP) is 3.91. The van der Waals surface area contributed by atoms with E-state index in [9.17, 15) is 4.79 Å². The molecule has 3 nitrogen and oxygen atoms in total. The summed E-state index contributed by atoms with van der Waals surface area (Å²) in [6.07, 6.45) is 0. The molecule has 0 bridgehead atoms. The van der Waals surface area contributed by atoms with Crippen molar-refractivity contribution in [2.24, 2.45) is 0 Å². The predicted molar refractivity (Wildman–Crippen MR) is 77.1 cm³/mol. The Morgan fingerprint density at radius 2 is 1.95 bits per heavy atom. The van der Waals surface area contributed by atoms with E-state index in [1.807, 2.05) is 31.2 Å². The molecule has 1 N–H and O–H groups in total. The van der Waals surface area contributed by atoms with Gasteiger partial charge in [0.15, 0.2) is 0 Å². The maximum Gasteiger partial charge on any atom is 0.257 e. The molecular formula is C15H14ClNO2. The Labute approximate surface area is 117 Å². The number of carbonyl (C=O) groups excluding carboxylic acids is 1. The Morgan fingerprint density at radius 1 is 1.21 bits per heavy atom. The summed E-state index contributed by atoms with van der Waals surface area (Å²) >= 11 is 6.06. The second-order valence-corrected chi connectivity index (χ2v) is 4.53. The fraction of sp³-hybridized carbons (Fsp3) is 0.133. The first-order valence-corrected chi connectivity index (χ1v) is 6.20. The van der Waals surface area contributed by atoms with Gasteiger partial charge in [-0.05, 0) is 30.7 Å². The molecule has 0 fully saturated rings. The van der Waals surface area contributed by atoms with Crippen LogP contribution in [0.15, 0.2) is 42.5 Å². The van der Waals surface area contributed by atoms with E-state index in [4.69, 9.17) is 16.3 Å². The van der Waals surface area contributed by atoms with Crippen LogP contribution in [0.5, 0.6) is 5.75 Å². The van der Waals surface area contributed by atoms with Crippen molar-refractivity contribution >= 4 is 23.2 Å². The van der Waals surface area contributed by atoms with Gasteiger partial charge in [0.05, 0.1) is 17.7 Å². The van der Waals surface area contributed by atoms with Crippen molar-refractivity contribution in [3.05, 3.63) is 58.6 Å². The van der Waals surface area contributed by atoms with Crippen molar-refractivity contribution < 1.29 is 9.53 Å². The van der Waals surface area contributed by atoms with Crippen molar-refractivity contribution in [1.29, 1.82) is 0 Å². The first-order valence-electron chi connectivity index (χ1n) is 5.82. The van der Waals surface area contributed by atoms with Crippen LogP contribution in [-0.2, 0) is 0 Å². The van der Waals surface area contributed by atoms with Crippen LogP contribution in [0.25, 0.3) is 0 Å². The molecule has 1 amide bonds. The molecule has 0 radical (unpaired) electrons. The van der Waals surface area contributed by atoms with Crippen molar-refractivity contribution in [2.45, 2.75) is 6.92 Å². The van der Waals surface area contributed by atoms with Crippen LogP contribution in [0.2, 0.25) is 5.02 Å². The van der Waals surface area contributed by atoms with E-state index >= 15 is 0 Å². The molecule has 2 aromatic carbocycles. The molecule has 0 heterocycles. The monoisotopic (exact) mass is 275 g/mol. The number of nitrogens with one attached hydrogen (secondary N) is 1. The Kier molecular flexibility index (Phi) is 4.07. The van der Waals surface area contributed by atoms with E-state index in [1.165, 1.54) is 0 Å². The number of hydrogen-bond donors (Lipinski definition) is 1. The van der Waals surface area contributed by atoms with Gasteiger partial charge in [0.2, 0.25) is 0 Å². The lowest BCUT2D eigenvalue weighted by molar-refractivity contribution is 0.102. The fourth-order valence-electron chi connectivity index (χ4n) is 1.81. The van der Waals surface area contributed by atoms with Gasteiger partial charge in [-0.25, -0.2) is 0 Å². The van der Waals surface area contributed by atoms with Gasteiger partial charge in [0.1, 0.15) is 5.75 Å². The zero-order valence-electron chi connectivity index (χ0n) is 10.7. The molecule has 0 aliphatic heterocycles. The van der Waals surface area contributed by atoms with Crippen LogP contribution in [-0.4, -0.2) is 13.0 Å². The van der Waals surface area contributed by atoms with Crippen LogP contribution in [0.4, 0.5) is 5.69 Å². The zero-order valence-corrected chi connectivity index (χ0v) is 11.5. The molecule has 0 atom stereocenters. The Bertz CT molecular complexity index is 591. The smallest absolute Gasteiger partial charge is 0.257 e. The zero-order chi connectivity index (χ0) is 13.8. The molecule has 19 heavy (non-hydrogen) atoms. The summed E-state index contributed by atoms with van der Waals surface area (Å²) in [6, 6.07) is 12.6. The number of ether oxygens (including phenoxy) is 1. The minimum atomic E-state index is -0.226. The van der Waals surface area contributed by atoms with E-state index in [2.05, 4.69) is 5.32 Å². The number of rotatable bonds is 3. The summed E-state index contributed by atoms with van der Waals surface area (Å²) in [5.74, 6) is 0.463. The highest BCUT2D eigenvalue weighted by Crippen LogP contribution is 2.22. The average Bonchev–Trinajstić information content (AvgIpc) is 2.38. The topological polar surface area (TPSA) is 38.3 Å². The van der Waals surface area contributed by atoms with Crippen molar-refractivity contribution in [3.8, 4) is 5.75 Å². The number of methoxy groups -OCH3 is 1. The lowest BCUT2D eigenvalue weighted by Gasteiger charge is -2.10. The third-order valence-electron chi connectivity index (χ3n) is 2.78. The van der Waals surface area contributed by atoms with Gasteiger partial charge in [0, 0.05) is 11.8 Å². The number of hydrogen-bond acceptors (Lipinski definition) is 2. The highest BCUT2D eigenvalue weighted by molar-refractivity contribution is 6.34. The molecule has 0 aliphatic rings. The van der Waals surface area contributed by atoms with Gasteiger partial charge in [-0.3, -0.25) is 4.79 Å². The molecule has 98 valence electrons. The van der Waals surface area contributed by atoms with Crippen LogP contribution in [0, 0.1) is 6.92 Å². The summed E-state index contributed by atoms with van der Waals surface area (Å²) < 4.78 is 5.11. The summed E-state index contributed by atoms with van der Waals surface area (Å²) in [7, 11) is 1.58. The lowest BCUT2D eigenvalue weighted by atomic mass is 10.1. The van der Waals surface area contributed by atoms with Crippen molar-refractivity contribution in [1.82, 2.24) is 0 Å². The molecule has 2 aromatic rings. The number of amides is 1. The van der Waals surface area contributed by atoms with Gasteiger partial charge in [0.25, 0.3) is 5.91 Å². The summed E-state index contributed by atoms with van der Waals surface area (Å²) in [6.45, 7) is 1.85. The van der Waals surface area contributed by atoms with E-state index in [0.717, 1.165) is 5.56 Å². The van der Waals surface area contributed by atoms with Gasteiger partial charge in [-0.1, -0.05) is 29.8 Å². The molecule has 0 unspecified atom stereocenters. The maximum atomic E-state index is 12.2. The van der Waals surface area contributed by atoms with Gasteiger partial charge in [-0.15, -0.1) is 0 Å². The standard InChI is InChI=1S/C15H14ClNO2/c1-10-5-3-8-13(16)14(10)15(18)17-11-6-4-7-12(9-11)19-2/h3-9H,1-2H3,(H,17,18). The minimum absolute atomic E-state index is 0.226. The maximum absolute atomic E-state index is 12.2. The largest absolute Gasteiger partial charge is 0.497 e. The second-order valence-electron chi connectivity index (χ2n) is 4.12. The number of anilines is 1. The molecule has 0 saturated carbocycles. The Balaban J connectivity index is 2.26. The summed E-state index contributed by atoms with van der Waals surface area (Å²) in [4.78, 5) is 12.2. The lowest BCUT2D eigenvalue weighted by Crippen LogP contribution is -2.14. The van der Waals surface area contributed by atoms with Crippen LogP contribution >= 0.6 is 11.6 Å². The molecular weight excluding hydrogens is 262 g/mol. The van der Waals surface area contributed by atoms with Crippen LogP contribution in [0.3, 0.4) is 0 Å². The van der Waals surface area contributed by atoms with Crippen LogP contribution < -0.4 is 10.1 Å². The van der Waals surface area contributed by atoms with Gasteiger partial charge >= 0.3 is 0 Å². The normalized spacial score (nSPS) is 10.1. The third kappa shape index (κ3) is 3.06. The molecule has 0 aromatic heterocycles. The number of carbonyl (C=O) groups is 1. The first-order chi connectivity index (χ1) is 9.11. The summed E-state index contributed by atoms with van der Waals surface area (Å²) in [5.41, 5.74) is 2.00. The van der Waals surface area contributed by atoms with E-state index in [0.29, 0.717) is 22.0 Å². The molecule has 0 spiro atoms. The quantitative estimate of drug-likeness (QED) is 0.922. The third-order valence-corrected chi connectivity index (χ3v) is 3.09.